The molecule has 0 amide bonds. The van der Waals surface area contributed by atoms with Crippen molar-refractivity contribution in [3.05, 3.63) is 15.6 Å². The minimum atomic E-state index is -0.683. The van der Waals surface area contributed by atoms with E-state index in [1.165, 1.54) is 0 Å². The van der Waals surface area contributed by atoms with Crippen LogP contribution in [-0.4, -0.2) is 27.8 Å². The number of piperidine rings is 1. The molecule has 0 spiro atoms. The van der Waals surface area contributed by atoms with Crippen LogP contribution in [0, 0.1) is 4.77 Å². The van der Waals surface area contributed by atoms with Gasteiger partial charge in [-0.15, -0.1) is 0 Å². The van der Waals surface area contributed by atoms with Gasteiger partial charge in [0.15, 0.2) is 17.3 Å². The van der Waals surface area contributed by atoms with Gasteiger partial charge < -0.3 is 15.2 Å². The summed E-state index contributed by atoms with van der Waals surface area (Å²) < 4.78 is 12.5. The second-order valence-corrected chi connectivity index (χ2v) is 5.38. The zero-order valence-electron chi connectivity index (χ0n) is 11.1. The molecule has 18 heavy (non-hydrogen) atoms. The van der Waals surface area contributed by atoms with E-state index >= 15 is 0 Å². The molecule has 1 unspecified atom stereocenters. The summed E-state index contributed by atoms with van der Waals surface area (Å²) in [5, 5.41) is 5.35. The molecule has 7 heteroatoms. The van der Waals surface area contributed by atoms with Crippen molar-refractivity contribution >= 4 is 30.0 Å². The van der Waals surface area contributed by atoms with E-state index in [1.54, 1.807) is 6.20 Å². The quantitative estimate of drug-likeness (QED) is 0.433. The van der Waals surface area contributed by atoms with Crippen LogP contribution in [0.5, 0.6) is 0 Å². The maximum atomic E-state index is 7.72. The molecule has 0 radical (unpaired) electrons. The lowest BCUT2D eigenvalue weighted by Gasteiger charge is -2.24. The molecular weight excluding hydrogens is 270 g/mol. The number of rotatable bonds is 1. The summed E-state index contributed by atoms with van der Waals surface area (Å²) >= 11 is 11.6. The van der Waals surface area contributed by atoms with E-state index < -0.39 is 5.62 Å². The van der Waals surface area contributed by atoms with Gasteiger partial charge in [0.05, 0.1) is 0 Å². The number of imidazole rings is 1. The lowest BCUT2D eigenvalue weighted by Crippen LogP contribution is -2.43. The molecule has 5 nitrogen and oxygen atoms in total. The summed E-state index contributed by atoms with van der Waals surface area (Å²) in [7, 11) is 1.91. The second kappa shape index (κ2) is 4.68. The Balaban J connectivity index is 2.22. The fourth-order valence-electron chi connectivity index (χ4n) is 2.56. The van der Waals surface area contributed by atoms with E-state index in [-0.39, 0.29) is 0 Å². The second-order valence-electron chi connectivity index (χ2n) is 4.62. The molecule has 1 aromatic heterocycles. The van der Waals surface area contributed by atoms with Crippen LogP contribution in [0.1, 0.15) is 18.9 Å². The van der Waals surface area contributed by atoms with Gasteiger partial charge in [-0.3, -0.25) is 4.57 Å². The molecule has 1 aromatic rings. The summed E-state index contributed by atoms with van der Waals surface area (Å²) in [5.41, 5.74) is 0.125. The molecule has 2 N–H and O–H groups in total. The largest absolute Gasteiger partial charge is 0.355 e. The molecule has 0 aromatic carbocycles. The van der Waals surface area contributed by atoms with E-state index in [2.05, 4.69) is 14.9 Å². The summed E-state index contributed by atoms with van der Waals surface area (Å²) in [4.78, 5) is 4.41. The van der Waals surface area contributed by atoms with Crippen LogP contribution < -0.4 is 21.5 Å². The first kappa shape index (κ1) is 11.0. The predicted molar refractivity (Wildman–Crippen MR) is 73.4 cm³/mol. The fourth-order valence-corrected chi connectivity index (χ4v) is 3.04. The normalized spacial score (nSPS) is 25.1. The van der Waals surface area contributed by atoms with Crippen LogP contribution >= 0.6 is 23.8 Å². The van der Waals surface area contributed by atoms with Gasteiger partial charge >= 0.3 is 0 Å². The van der Waals surface area contributed by atoms with Crippen LogP contribution in [0.25, 0.3) is 6.20 Å². The lowest BCUT2D eigenvalue weighted by molar-refractivity contribution is 0.354. The van der Waals surface area contributed by atoms with E-state index in [0.29, 0.717) is 6.04 Å². The van der Waals surface area contributed by atoms with Crippen molar-refractivity contribution in [2.24, 2.45) is 12.0 Å². The Morgan fingerprint density at radius 2 is 2.28 bits per heavy atom. The van der Waals surface area contributed by atoms with E-state index in [9.17, 15) is 0 Å². The van der Waals surface area contributed by atoms with Crippen molar-refractivity contribution in [1.82, 2.24) is 19.8 Å². The number of fused-ring (bicyclic) bond motifs is 1. The van der Waals surface area contributed by atoms with Crippen LogP contribution in [0.4, 0.5) is 0 Å². The Labute approximate surface area is 117 Å². The van der Waals surface area contributed by atoms with Gasteiger partial charge in [-0.1, -0.05) is 11.6 Å². The first-order chi connectivity index (χ1) is 9.09. The number of alkyl halides is 1. The fraction of sp³-hybridized carbons (Fsp3) is 0.636. The van der Waals surface area contributed by atoms with E-state index in [0.717, 1.165) is 46.8 Å². The Kier molecular flexibility index (Phi) is 2.86. The molecule has 0 aliphatic carbocycles. The first-order valence-corrected chi connectivity index (χ1v) is 6.93. The minimum Gasteiger partial charge on any atom is -0.355 e. The number of nitrogens with zero attached hydrogens (tertiary/aromatic N) is 3. The van der Waals surface area contributed by atoms with Gasteiger partial charge in [0.25, 0.3) is 0 Å². The van der Waals surface area contributed by atoms with Crippen molar-refractivity contribution in [2.75, 3.05) is 13.1 Å². The predicted octanol–water partition coefficient (Wildman–Crippen LogP) is -0.0362. The third-order valence-electron chi connectivity index (χ3n) is 3.53. The lowest BCUT2D eigenvalue weighted by atomic mass is 10.1. The van der Waals surface area contributed by atoms with Gasteiger partial charge in [0, 0.05) is 19.3 Å². The molecule has 98 valence electrons. The van der Waals surface area contributed by atoms with E-state index in [4.69, 9.17) is 25.2 Å². The number of hydrogen-bond donors (Lipinski definition) is 2. The van der Waals surface area contributed by atoms with Gasteiger partial charge in [-0.25, -0.2) is 4.99 Å². The number of nitrogens with one attached hydrogen (secondary N) is 2. The molecule has 1 fully saturated rings. The molecule has 1 atom stereocenters. The number of halogens is 1. The highest BCUT2D eigenvalue weighted by Gasteiger charge is 2.20. The minimum absolute atomic E-state index is 0.363. The third kappa shape index (κ3) is 1.88. The van der Waals surface area contributed by atoms with Crippen molar-refractivity contribution in [1.29, 1.82) is 0 Å². The van der Waals surface area contributed by atoms with Gasteiger partial charge in [0.1, 0.15) is 5.35 Å². The molecule has 0 saturated carbocycles. The third-order valence-corrected chi connectivity index (χ3v) is 4.21. The smallest absolute Gasteiger partial charge is 0.197 e. The Hall–Kier alpha value is -0.850. The standard InChI is InChI=1S/C11H16ClN5S/c1-16-8-6-14-10(12)15-9(8)17(11(16)18)7-2-4-13-5-3-7/h6-7,10,13-14H,2-5H2,1H3/i/hD. The van der Waals surface area contributed by atoms with Crippen molar-refractivity contribution in [3.63, 3.8) is 0 Å². The highest BCUT2D eigenvalue weighted by molar-refractivity contribution is 7.71. The summed E-state index contributed by atoms with van der Waals surface area (Å²) in [5.74, 6) is 0. The van der Waals surface area contributed by atoms with Crippen molar-refractivity contribution in [2.45, 2.75) is 24.5 Å². The Morgan fingerprint density at radius 3 is 3.00 bits per heavy atom. The summed E-state index contributed by atoms with van der Waals surface area (Å²) in [6.07, 6.45) is 3.77. The van der Waals surface area contributed by atoms with Crippen LogP contribution in [-0.2, 0) is 7.05 Å². The topological polar surface area (TPSA) is 46.3 Å². The molecule has 0 bridgehead atoms. The zero-order valence-corrected chi connectivity index (χ0v) is 11.7. The van der Waals surface area contributed by atoms with Crippen molar-refractivity contribution in [3.8, 4) is 0 Å². The molecule has 3 heterocycles. The van der Waals surface area contributed by atoms with Crippen molar-refractivity contribution < 1.29 is 1.41 Å². The van der Waals surface area contributed by atoms with Gasteiger partial charge in [-0.2, -0.15) is 0 Å². The van der Waals surface area contributed by atoms with E-state index in [1.807, 2.05) is 11.6 Å². The van der Waals surface area contributed by atoms with Crippen LogP contribution in [0.2, 0.25) is 1.41 Å². The number of aromatic nitrogens is 2. The highest BCUT2D eigenvalue weighted by Crippen LogP contribution is 2.16. The number of hydrogen-bond acceptors (Lipinski definition) is 4. The first-order valence-electron chi connectivity index (χ1n) is 6.53. The summed E-state index contributed by atoms with van der Waals surface area (Å²) in [6.45, 7) is 1.99. The SMILES string of the molecule is [2H]N1C=c2c(n(C3CCNCC3)c(=S)n2C)=NC1Cl. The molecule has 2 aliphatic rings. The summed E-state index contributed by atoms with van der Waals surface area (Å²) in [6, 6.07) is 0.363. The monoisotopic (exact) mass is 286 g/mol. The maximum absolute atomic E-state index is 7.72. The Morgan fingerprint density at radius 1 is 1.56 bits per heavy atom. The van der Waals surface area contributed by atoms with Gasteiger partial charge in [-0.05, 0) is 38.1 Å². The highest BCUT2D eigenvalue weighted by atomic mass is 35.5. The van der Waals surface area contributed by atoms with Crippen LogP contribution in [0.3, 0.4) is 0 Å². The maximum Gasteiger partial charge on any atom is 0.197 e. The molecule has 2 aliphatic heterocycles. The average molecular weight is 287 g/mol. The Bertz CT molecular complexity index is 660. The molecular formula is C11H16ClN5S. The molecule has 1 saturated heterocycles. The van der Waals surface area contributed by atoms with Gasteiger partial charge in [0.2, 0.25) is 0 Å². The average Bonchev–Trinajstić information content (AvgIpc) is 2.64. The molecule has 3 rings (SSSR count). The van der Waals surface area contributed by atoms with Crippen LogP contribution in [0.15, 0.2) is 4.99 Å². The zero-order chi connectivity index (χ0) is 13.6.